The van der Waals surface area contributed by atoms with E-state index in [9.17, 15) is 4.79 Å². The van der Waals surface area contributed by atoms with Crippen molar-refractivity contribution < 1.29 is 4.79 Å². The molecule has 0 heterocycles. The largest absolute Gasteiger partial charge is 0.294 e. The smallest absolute Gasteiger partial charge is 0.233 e. The fraction of sp³-hybridized carbons (Fsp3) is 0.909. The van der Waals surface area contributed by atoms with Gasteiger partial charge in [-0.2, -0.15) is 0 Å². The normalized spacial score (nSPS) is 10.3. The number of alkyl halides is 1. The predicted molar refractivity (Wildman–Crippen MR) is 67.7 cm³/mol. The first kappa shape index (κ1) is 14.9. The van der Waals surface area contributed by atoms with Gasteiger partial charge in [-0.1, -0.05) is 54.5 Å². The lowest BCUT2D eigenvalue weighted by Crippen LogP contribution is -2.29. The van der Waals surface area contributed by atoms with Gasteiger partial charge in [0, 0.05) is 11.8 Å². The van der Waals surface area contributed by atoms with Crippen LogP contribution in [0.5, 0.6) is 0 Å². The van der Waals surface area contributed by atoms with Crippen molar-refractivity contribution in [3.05, 3.63) is 0 Å². The topological polar surface area (TPSA) is 55.1 Å². The first-order valence-electron chi connectivity index (χ1n) is 5.86. The number of halogens is 1. The number of unbranched alkanes of at least 4 members (excludes halogenated alkanes) is 7. The lowest BCUT2D eigenvalue weighted by atomic mass is 10.1. The molecule has 4 heteroatoms. The van der Waals surface area contributed by atoms with Crippen LogP contribution < -0.4 is 11.3 Å². The Morgan fingerprint density at radius 3 is 1.87 bits per heavy atom. The van der Waals surface area contributed by atoms with E-state index in [2.05, 4.69) is 21.4 Å². The maximum atomic E-state index is 10.8. The molecule has 0 spiro atoms. The zero-order chi connectivity index (χ0) is 11.4. The molecule has 3 nitrogen and oxygen atoms in total. The summed E-state index contributed by atoms with van der Waals surface area (Å²) >= 11 is 3.43. The minimum Gasteiger partial charge on any atom is -0.294 e. The van der Waals surface area contributed by atoms with Crippen molar-refractivity contribution in [3.63, 3.8) is 0 Å². The van der Waals surface area contributed by atoms with E-state index in [4.69, 9.17) is 5.84 Å². The van der Waals surface area contributed by atoms with Crippen molar-refractivity contribution in [2.75, 3.05) is 5.33 Å². The van der Waals surface area contributed by atoms with Crippen LogP contribution in [0, 0.1) is 0 Å². The standard InChI is InChI=1S/C11H23BrN2O/c12-10-8-6-4-2-1-3-5-7-9-11(15)14-13/h1-10,13H2,(H,14,15). The Labute approximate surface area is 101 Å². The highest BCUT2D eigenvalue weighted by Crippen LogP contribution is 2.09. The SMILES string of the molecule is NNC(=O)CCCCCCCCCCBr. The summed E-state index contributed by atoms with van der Waals surface area (Å²) in [4.78, 5) is 10.8. The van der Waals surface area contributed by atoms with Gasteiger partial charge in [0.25, 0.3) is 0 Å². The van der Waals surface area contributed by atoms with Crippen molar-refractivity contribution in [3.8, 4) is 0 Å². The molecule has 3 N–H and O–H groups in total. The minimum absolute atomic E-state index is 0.0488. The summed E-state index contributed by atoms with van der Waals surface area (Å²) in [6.07, 6.45) is 10.5. The van der Waals surface area contributed by atoms with Crippen LogP contribution in [0.3, 0.4) is 0 Å². The molecule has 0 saturated heterocycles. The third kappa shape index (κ3) is 11.8. The van der Waals surface area contributed by atoms with Crippen molar-refractivity contribution in [2.45, 2.75) is 57.8 Å². The molecular weight excluding hydrogens is 256 g/mol. The minimum atomic E-state index is -0.0488. The fourth-order valence-electron chi connectivity index (χ4n) is 1.51. The van der Waals surface area contributed by atoms with Gasteiger partial charge >= 0.3 is 0 Å². The molecule has 0 aromatic rings. The highest BCUT2D eigenvalue weighted by molar-refractivity contribution is 9.09. The zero-order valence-electron chi connectivity index (χ0n) is 9.43. The molecule has 0 aromatic heterocycles. The summed E-state index contributed by atoms with van der Waals surface area (Å²) < 4.78 is 0. The van der Waals surface area contributed by atoms with Gasteiger partial charge < -0.3 is 0 Å². The lowest BCUT2D eigenvalue weighted by molar-refractivity contribution is -0.121. The molecule has 0 atom stereocenters. The van der Waals surface area contributed by atoms with Gasteiger partial charge in [0.2, 0.25) is 5.91 Å². The molecule has 0 aliphatic heterocycles. The summed E-state index contributed by atoms with van der Waals surface area (Å²) in [6.45, 7) is 0. The van der Waals surface area contributed by atoms with Crippen LogP contribution in [0.15, 0.2) is 0 Å². The van der Waals surface area contributed by atoms with E-state index < -0.39 is 0 Å². The van der Waals surface area contributed by atoms with Crippen molar-refractivity contribution >= 4 is 21.8 Å². The fourth-order valence-corrected chi connectivity index (χ4v) is 1.91. The van der Waals surface area contributed by atoms with Crippen LogP contribution >= 0.6 is 15.9 Å². The number of amides is 1. The number of hydrazine groups is 1. The van der Waals surface area contributed by atoms with Crippen LogP contribution in [0.2, 0.25) is 0 Å². The first-order valence-corrected chi connectivity index (χ1v) is 6.99. The lowest BCUT2D eigenvalue weighted by Gasteiger charge is -2.01. The second-order valence-corrected chi connectivity index (χ2v) is 4.63. The van der Waals surface area contributed by atoms with Gasteiger partial charge in [0.15, 0.2) is 0 Å². The third-order valence-electron chi connectivity index (χ3n) is 2.45. The first-order chi connectivity index (χ1) is 7.31. The van der Waals surface area contributed by atoms with Gasteiger partial charge in [0.1, 0.15) is 0 Å². The maximum absolute atomic E-state index is 10.8. The van der Waals surface area contributed by atoms with Gasteiger partial charge in [-0.15, -0.1) is 0 Å². The molecule has 0 radical (unpaired) electrons. The molecule has 0 unspecified atom stereocenters. The Morgan fingerprint density at radius 2 is 1.40 bits per heavy atom. The molecule has 0 fully saturated rings. The van der Waals surface area contributed by atoms with E-state index in [-0.39, 0.29) is 5.91 Å². The number of hydrogen-bond donors (Lipinski definition) is 2. The average Bonchev–Trinajstić information content (AvgIpc) is 2.26. The molecule has 90 valence electrons. The molecular formula is C11H23BrN2O. The zero-order valence-corrected chi connectivity index (χ0v) is 11.0. The number of rotatable bonds is 10. The number of carbonyl (C=O) groups excluding carboxylic acids is 1. The predicted octanol–water partition coefficient (Wildman–Crippen LogP) is 2.88. The van der Waals surface area contributed by atoms with E-state index >= 15 is 0 Å². The van der Waals surface area contributed by atoms with E-state index in [0.29, 0.717) is 6.42 Å². The van der Waals surface area contributed by atoms with Crippen LogP contribution in [0.4, 0.5) is 0 Å². The monoisotopic (exact) mass is 278 g/mol. The van der Waals surface area contributed by atoms with E-state index in [0.717, 1.165) is 18.2 Å². The van der Waals surface area contributed by atoms with Crippen LogP contribution in [-0.4, -0.2) is 11.2 Å². The Bertz CT molecular complexity index is 154. The maximum Gasteiger partial charge on any atom is 0.233 e. The highest BCUT2D eigenvalue weighted by atomic mass is 79.9. The van der Waals surface area contributed by atoms with E-state index in [1.807, 2.05) is 0 Å². The molecule has 0 bridgehead atoms. The second-order valence-electron chi connectivity index (χ2n) is 3.83. The molecule has 0 rings (SSSR count). The van der Waals surface area contributed by atoms with Gasteiger partial charge in [-0.05, 0) is 12.8 Å². The summed E-state index contributed by atoms with van der Waals surface area (Å²) in [5, 5.41) is 1.13. The quantitative estimate of drug-likeness (QED) is 0.212. The molecule has 1 amide bonds. The number of hydrogen-bond acceptors (Lipinski definition) is 2. The van der Waals surface area contributed by atoms with Gasteiger partial charge in [-0.3, -0.25) is 10.2 Å². The number of nitrogens with one attached hydrogen (secondary N) is 1. The summed E-state index contributed by atoms with van der Waals surface area (Å²) in [7, 11) is 0. The Hall–Kier alpha value is -0.0900. The van der Waals surface area contributed by atoms with Crippen molar-refractivity contribution in [1.29, 1.82) is 0 Å². The Morgan fingerprint density at radius 1 is 0.933 bits per heavy atom. The van der Waals surface area contributed by atoms with Crippen LogP contribution in [0.1, 0.15) is 57.8 Å². The van der Waals surface area contributed by atoms with Crippen molar-refractivity contribution in [2.24, 2.45) is 5.84 Å². The molecule has 15 heavy (non-hydrogen) atoms. The Kier molecular flexibility index (Phi) is 11.9. The van der Waals surface area contributed by atoms with Crippen molar-refractivity contribution in [1.82, 2.24) is 5.43 Å². The molecule has 0 saturated carbocycles. The van der Waals surface area contributed by atoms with Crippen LogP contribution in [0.25, 0.3) is 0 Å². The van der Waals surface area contributed by atoms with Crippen LogP contribution in [-0.2, 0) is 4.79 Å². The summed E-state index contributed by atoms with van der Waals surface area (Å²) in [6, 6.07) is 0. The van der Waals surface area contributed by atoms with E-state index in [1.165, 1.54) is 38.5 Å². The highest BCUT2D eigenvalue weighted by Gasteiger charge is 1.97. The van der Waals surface area contributed by atoms with Gasteiger partial charge in [0.05, 0.1) is 0 Å². The molecule has 0 aromatic carbocycles. The summed E-state index contributed by atoms with van der Waals surface area (Å²) in [5.74, 6) is 4.93. The second kappa shape index (κ2) is 12.0. The summed E-state index contributed by atoms with van der Waals surface area (Å²) in [5.41, 5.74) is 2.15. The molecule has 0 aliphatic carbocycles. The third-order valence-corrected chi connectivity index (χ3v) is 3.01. The molecule has 0 aliphatic rings. The average molecular weight is 279 g/mol. The van der Waals surface area contributed by atoms with E-state index in [1.54, 1.807) is 0 Å². The Balaban J connectivity index is 2.95. The number of nitrogens with two attached hydrogens (primary N) is 1. The number of carbonyl (C=O) groups is 1. The van der Waals surface area contributed by atoms with Gasteiger partial charge in [-0.25, -0.2) is 5.84 Å².